The largest absolute Gasteiger partial charge is 0.478 e. The first-order valence-electron chi connectivity index (χ1n) is 7.83. The molecule has 20 heavy (non-hydrogen) atoms. The molecule has 1 saturated heterocycles. The summed E-state index contributed by atoms with van der Waals surface area (Å²) in [5, 5.41) is 8.76. The third-order valence-electron chi connectivity index (χ3n) is 5.94. The van der Waals surface area contributed by atoms with Gasteiger partial charge in [-0.3, -0.25) is 0 Å². The van der Waals surface area contributed by atoms with Crippen molar-refractivity contribution in [3.63, 3.8) is 0 Å². The van der Waals surface area contributed by atoms with Crippen LogP contribution in [0, 0.1) is 23.7 Å². The van der Waals surface area contributed by atoms with E-state index < -0.39 is 5.97 Å². The molecular weight excluding hydrogens is 256 g/mol. The topological polar surface area (TPSA) is 59.1 Å². The summed E-state index contributed by atoms with van der Waals surface area (Å²) in [4.78, 5) is 10.7. The van der Waals surface area contributed by atoms with Crippen LogP contribution in [0.1, 0.15) is 32.1 Å². The predicted octanol–water partition coefficient (Wildman–Crippen LogP) is 2.24. The van der Waals surface area contributed by atoms with Gasteiger partial charge in [-0.2, -0.15) is 0 Å². The first kappa shape index (κ1) is 12.8. The Morgan fingerprint density at radius 2 is 2.15 bits per heavy atom. The van der Waals surface area contributed by atoms with Gasteiger partial charge in [0.05, 0.1) is 18.3 Å². The zero-order chi connectivity index (χ0) is 13.9. The maximum atomic E-state index is 10.7. The molecule has 1 N–H and O–H groups in total. The minimum Gasteiger partial charge on any atom is -0.478 e. The van der Waals surface area contributed by atoms with E-state index in [1.807, 2.05) is 0 Å². The van der Waals surface area contributed by atoms with Gasteiger partial charge >= 0.3 is 5.97 Å². The maximum Gasteiger partial charge on any atom is 0.330 e. The predicted molar refractivity (Wildman–Crippen MR) is 72.2 cm³/mol. The number of carbonyl (C=O) groups is 1. The van der Waals surface area contributed by atoms with Crippen LogP contribution in [0.3, 0.4) is 0 Å². The summed E-state index contributed by atoms with van der Waals surface area (Å²) in [6, 6.07) is 0. The number of epoxide rings is 1. The van der Waals surface area contributed by atoms with Crippen molar-refractivity contribution in [3.8, 4) is 0 Å². The van der Waals surface area contributed by atoms with Crippen LogP contribution in [0.15, 0.2) is 12.2 Å². The SMILES string of the molecule is C=C(CCCOC1CC2CC1C1CC3OC3C21)C(=O)O. The third kappa shape index (κ3) is 1.92. The maximum absolute atomic E-state index is 10.7. The minimum absolute atomic E-state index is 0.287. The lowest BCUT2D eigenvalue weighted by atomic mass is 9.79. The normalized spacial score (nSPS) is 47.1. The zero-order valence-corrected chi connectivity index (χ0v) is 11.7. The molecule has 0 aromatic heterocycles. The summed E-state index contributed by atoms with van der Waals surface area (Å²) in [7, 11) is 0. The van der Waals surface area contributed by atoms with Gasteiger partial charge in [-0.1, -0.05) is 6.58 Å². The quantitative estimate of drug-likeness (QED) is 0.460. The van der Waals surface area contributed by atoms with Crippen LogP contribution in [0.25, 0.3) is 0 Å². The second kappa shape index (κ2) is 4.57. The summed E-state index contributed by atoms with van der Waals surface area (Å²) in [5.74, 6) is 2.34. The van der Waals surface area contributed by atoms with Crippen LogP contribution in [0.2, 0.25) is 0 Å². The van der Waals surface area contributed by atoms with Crippen LogP contribution in [0.4, 0.5) is 0 Å². The Balaban J connectivity index is 1.24. The molecule has 0 aromatic rings. The van der Waals surface area contributed by atoms with Gasteiger partial charge in [0.1, 0.15) is 0 Å². The van der Waals surface area contributed by atoms with Crippen molar-refractivity contribution < 1.29 is 19.4 Å². The van der Waals surface area contributed by atoms with E-state index in [0.717, 1.165) is 30.1 Å². The number of hydrogen-bond acceptors (Lipinski definition) is 3. The molecule has 3 aliphatic carbocycles. The summed E-state index contributed by atoms with van der Waals surface area (Å²) < 4.78 is 11.7. The highest BCUT2D eigenvalue weighted by atomic mass is 16.6. The number of rotatable bonds is 6. The van der Waals surface area contributed by atoms with Gasteiger partial charge in [0.15, 0.2) is 0 Å². The number of fused-ring (bicyclic) bond motifs is 7. The molecule has 4 aliphatic rings. The Morgan fingerprint density at radius 3 is 2.95 bits per heavy atom. The minimum atomic E-state index is -0.891. The lowest BCUT2D eigenvalue weighted by molar-refractivity contribution is -0.132. The number of ether oxygens (including phenoxy) is 2. The van der Waals surface area contributed by atoms with Crippen molar-refractivity contribution in [2.24, 2.45) is 23.7 Å². The first-order valence-corrected chi connectivity index (χ1v) is 7.83. The Bertz CT molecular complexity index is 446. The Labute approximate surface area is 119 Å². The molecule has 2 bridgehead atoms. The first-order chi connectivity index (χ1) is 9.65. The van der Waals surface area contributed by atoms with E-state index in [1.54, 1.807) is 0 Å². The van der Waals surface area contributed by atoms with Crippen LogP contribution >= 0.6 is 0 Å². The second-order valence-corrected chi connectivity index (χ2v) is 6.93. The van der Waals surface area contributed by atoms with Crippen molar-refractivity contribution in [2.45, 2.75) is 50.4 Å². The lowest BCUT2D eigenvalue weighted by Gasteiger charge is -2.32. The number of aliphatic carboxylic acids is 1. The van der Waals surface area contributed by atoms with Crippen LogP contribution < -0.4 is 0 Å². The molecule has 4 nitrogen and oxygen atoms in total. The van der Waals surface area contributed by atoms with E-state index >= 15 is 0 Å². The van der Waals surface area contributed by atoms with Gasteiger partial charge in [0.2, 0.25) is 0 Å². The van der Waals surface area contributed by atoms with E-state index in [9.17, 15) is 4.79 Å². The molecule has 0 amide bonds. The average Bonchev–Trinajstić information content (AvgIpc) is 2.81. The highest BCUT2D eigenvalue weighted by molar-refractivity contribution is 5.85. The molecule has 4 heteroatoms. The van der Waals surface area contributed by atoms with Gasteiger partial charge in [0, 0.05) is 12.2 Å². The highest BCUT2D eigenvalue weighted by Gasteiger charge is 2.66. The summed E-state index contributed by atoms with van der Waals surface area (Å²) in [6.07, 6.45) is 6.65. The lowest BCUT2D eigenvalue weighted by Crippen LogP contribution is -2.33. The molecule has 4 rings (SSSR count). The standard InChI is InChI=1S/C16H22O4/c1-8(16(17)18)3-2-4-19-12-6-9-5-10(12)11-7-13-15(20-13)14(9)11/h9-15H,1-7H2,(H,17,18). The molecule has 3 saturated carbocycles. The van der Waals surface area contributed by atoms with Crippen molar-refractivity contribution in [1.29, 1.82) is 0 Å². The molecule has 1 heterocycles. The van der Waals surface area contributed by atoms with E-state index in [0.29, 0.717) is 31.3 Å². The van der Waals surface area contributed by atoms with Gasteiger partial charge in [-0.15, -0.1) is 0 Å². The summed E-state index contributed by atoms with van der Waals surface area (Å²) in [6.45, 7) is 4.22. The highest BCUT2D eigenvalue weighted by Crippen LogP contribution is 2.64. The second-order valence-electron chi connectivity index (χ2n) is 6.93. The zero-order valence-electron chi connectivity index (χ0n) is 11.7. The Kier molecular flexibility index (Phi) is 2.93. The number of carboxylic acids is 1. The molecule has 7 atom stereocenters. The van der Waals surface area contributed by atoms with E-state index in [-0.39, 0.29) is 5.57 Å². The number of carboxylic acid groups (broad SMARTS) is 1. The Hall–Kier alpha value is -0.870. The van der Waals surface area contributed by atoms with Gasteiger partial charge < -0.3 is 14.6 Å². The Morgan fingerprint density at radius 1 is 1.30 bits per heavy atom. The molecule has 4 fully saturated rings. The van der Waals surface area contributed by atoms with Crippen molar-refractivity contribution in [2.75, 3.05) is 6.61 Å². The fourth-order valence-corrected chi connectivity index (χ4v) is 5.09. The molecule has 1 aliphatic heterocycles. The van der Waals surface area contributed by atoms with Gasteiger partial charge in [0.25, 0.3) is 0 Å². The van der Waals surface area contributed by atoms with Crippen molar-refractivity contribution in [1.82, 2.24) is 0 Å². The van der Waals surface area contributed by atoms with E-state index in [1.165, 1.54) is 19.3 Å². The molecule has 0 spiro atoms. The third-order valence-corrected chi connectivity index (χ3v) is 5.94. The van der Waals surface area contributed by atoms with E-state index in [2.05, 4.69) is 6.58 Å². The van der Waals surface area contributed by atoms with Crippen LogP contribution in [0.5, 0.6) is 0 Å². The smallest absolute Gasteiger partial charge is 0.330 e. The summed E-state index contributed by atoms with van der Waals surface area (Å²) in [5.41, 5.74) is 0.287. The van der Waals surface area contributed by atoms with Crippen LogP contribution in [-0.2, 0) is 14.3 Å². The van der Waals surface area contributed by atoms with Crippen molar-refractivity contribution >= 4 is 5.97 Å². The van der Waals surface area contributed by atoms with Gasteiger partial charge in [-0.05, 0) is 55.8 Å². The molecule has 110 valence electrons. The van der Waals surface area contributed by atoms with E-state index in [4.69, 9.17) is 14.6 Å². The summed E-state index contributed by atoms with van der Waals surface area (Å²) >= 11 is 0. The number of hydrogen-bond donors (Lipinski definition) is 1. The van der Waals surface area contributed by atoms with Crippen LogP contribution in [-0.4, -0.2) is 36.0 Å². The average molecular weight is 278 g/mol. The fraction of sp³-hybridized carbons (Fsp3) is 0.812. The monoisotopic (exact) mass is 278 g/mol. The molecule has 7 unspecified atom stereocenters. The molecular formula is C16H22O4. The van der Waals surface area contributed by atoms with Gasteiger partial charge in [-0.25, -0.2) is 4.79 Å². The van der Waals surface area contributed by atoms with Crippen molar-refractivity contribution in [3.05, 3.63) is 12.2 Å². The molecule has 0 aromatic carbocycles. The fourth-order valence-electron chi connectivity index (χ4n) is 5.09. The molecule has 0 radical (unpaired) electrons.